The lowest BCUT2D eigenvalue weighted by Crippen LogP contribution is -2.10. The fourth-order valence-electron chi connectivity index (χ4n) is 1.65. The number of aromatic nitrogens is 3. The number of imidazole rings is 1. The minimum atomic E-state index is 0.442. The van der Waals surface area contributed by atoms with Gasteiger partial charge in [-0.3, -0.25) is 0 Å². The number of nitrogens with zero attached hydrogens (tertiary/aromatic N) is 3. The summed E-state index contributed by atoms with van der Waals surface area (Å²) in [5, 5.41) is 3.21. The summed E-state index contributed by atoms with van der Waals surface area (Å²) in [7, 11) is 3.53. The van der Waals surface area contributed by atoms with Crippen LogP contribution in [-0.2, 0) is 13.5 Å². The highest BCUT2D eigenvalue weighted by atomic mass is 16.5. The van der Waals surface area contributed by atoms with E-state index in [1.165, 1.54) is 0 Å². The Morgan fingerprint density at radius 3 is 2.94 bits per heavy atom. The molecule has 6 heteroatoms. The van der Waals surface area contributed by atoms with Crippen LogP contribution in [0.3, 0.4) is 0 Å². The molecule has 0 radical (unpaired) electrons. The zero-order valence-corrected chi connectivity index (χ0v) is 10.6. The molecule has 0 bridgehead atoms. The van der Waals surface area contributed by atoms with Crippen molar-refractivity contribution in [2.45, 2.75) is 6.42 Å². The van der Waals surface area contributed by atoms with Crippen molar-refractivity contribution >= 4 is 11.5 Å². The van der Waals surface area contributed by atoms with Crippen molar-refractivity contribution in [3.05, 3.63) is 30.4 Å². The van der Waals surface area contributed by atoms with E-state index >= 15 is 0 Å². The normalized spacial score (nSPS) is 10.3. The van der Waals surface area contributed by atoms with Gasteiger partial charge in [0.2, 0.25) is 5.88 Å². The molecule has 0 atom stereocenters. The molecule has 6 nitrogen and oxygen atoms in total. The van der Waals surface area contributed by atoms with E-state index in [0.29, 0.717) is 11.6 Å². The molecule has 0 aliphatic carbocycles. The lowest BCUT2D eigenvalue weighted by Gasteiger charge is -2.08. The van der Waals surface area contributed by atoms with Gasteiger partial charge < -0.3 is 20.4 Å². The number of pyridine rings is 1. The summed E-state index contributed by atoms with van der Waals surface area (Å²) in [4.78, 5) is 8.50. The smallest absolute Gasteiger partial charge is 0.238 e. The number of nitrogens with one attached hydrogen (secondary N) is 1. The van der Waals surface area contributed by atoms with Crippen molar-refractivity contribution in [1.29, 1.82) is 0 Å². The van der Waals surface area contributed by atoms with E-state index in [-0.39, 0.29) is 0 Å². The van der Waals surface area contributed by atoms with Crippen LogP contribution in [0.4, 0.5) is 11.5 Å². The number of ether oxygens (including phenoxy) is 1. The van der Waals surface area contributed by atoms with Crippen molar-refractivity contribution in [2.75, 3.05) is 24.7 Å². The highest BCUT2D eigenvalue weighted by Crippen LogP contribution is 2.19. The Balaban J connectivity index is 1.92. The van der Waals surface area contributed by atoms with Crippen molar-refractivity contribution in [3.8, 4) is 5.88 Å². The van der Waals surface area contributed by atoms with Crippen LogP contribution < -0.4 is 15.8 Å². The zero-order chi connectivity index (χ0) is 13.0. The maximum Gasteiger partial charge on any atom is 0.238 e. The minimum absolute atomic E-state index is 0.442. The monoisotopic (exact) mass is 247 g/mol. The molecule has 2 aromatic rings. The Bertz CT molecular complexity index is 523. The molecule has 0 saturated carbocycles. The van der Waals surface area contributed by atoms with Gasteiger partial charge in [-0.2, -0.15) is 4.98 Å². The van der Waals surface area contributed by atoms with Gasteiger partial charge in [0, 0.05) is 32.4 Å². The van der Waals surface area contributed by atoms with Crippen LogP contribution in [0, 0.1) is 0 Å². The minimum Gasteiger partial charge on any atom is -0.479 e. The van der Waals surface area contributed by atoms with Crippen LogP contribution in [0.2, 0.25) is 0 Å². The molecule has 0 aliphatic heterocycles. The van der Waals surface area contributed by atoms with Gasteiger partial charge in [-0.1, -0.05) is 0 Å². The molecule has 0 aromatic carbocycles. The second kappa shape index (κ2) is 5.39. The number of methoxy groups -OCH3 is 1. The Morgan fingerprint density at radius 2 is 2.28 bits per heavy atom. The van der Waals surface area contributed by atoms with Crippen molar-refractivity contribution in [2.24, 2.45) is 7.05 Å². The molecule has 0 spiro atoms. The number of anilines is 2. The fraction of sp³-hybridized carbons (Fsp3) is 0.333. The van der Waals surface area contributed by atoms with Gasteiger partial charge in [0.05, 0.1) is 12.8 Å². The van der Waals surface area contributed by atoms with Gasteiger partial charge in [0.1, 0.15) is 11.6 Å². The first-order valence-corrected chi connectivity index (χ1v) is 5.71. The van der Waals surface area contributed by atoms with Gasteiger partial charge in [-0.25, -0.2) is 4.98 Å². The number of hydrogen-bond acceptors (Lipinski definition) is 5. The second-order valence-electron chi connectivity index (χ2n) is 3.93. The molecule has 0 saturated heterocycles. The Labute approximate surface area is 106 Å². The van der Waals surface area contributed by atoms with Crippen LogP contribution >= 0.6 is 0 Å². The first-order valence-electron chi connectivity index (χ1n) is 5.71. The number of nitrogens with two attached hydrogens (primary N) is 1. The topological polar surface area (TPSA) is 78.0 Å². The van der Waals surface area contributed by atoms with E-state index in [2.05, 4.69) is 15.3 Å². The number of rotatable bonds is 5. The Kier molecular flexibility index (Phi) is 3.66. The van der Waals surface area contributed by atoms with Crippen LogP contribution in [0.5, 0.6) is 5.88 Å². The highest BCUT2D eigenvalue weighted by molar-refractivity contribution is 5.53. The molecule has 0 aliphatic rings. The first kappa shape index (κ1) is 12.2. The zero-order valence-electron chi connectivity index (χ0n) is 10.6. The third-order valence-corrected chi connectivity index (χ3v) is 2.66. The van der Waals surface area contributed by atoms with Gasteiger partial charge in [0.15, 0.2) is 0 Å². The lowest BCUT2D eigenvalue weighted by atomic mass is 10.3. The summed E-state index contributed by atoms with van der Waals surface area (Å²) >= 11 is 0. The standard InChI is InChI=1S/C12H17N5O/c1-17-8-7-15-11(17)5-6-14-10-4-3-9(13)12(16-10)18-2/h3-4,7-8H,5-6,13H2,1-2H3,(H,14,16). The molecule has 18 heavy (non-hydrogen) atoms. The molecule has 2 heterocycles. The number of aryl methyl sites for hydroxylation is 1. The maximum absolute atomic E-state index is 5.70. The highest BCUT2D eigenvalue weighted by Gasteiger charge is 2.03. The molecule has 0 fully saturated rings. The summed E-state index contributed by atoms with van der Waals surface area (Å²) in [6.07, 6.45) is 4.55. The van der Waals surface area contributed by atoms with Crippen molar-refractivity contribution < 1.29 is 4.74 Å². The summed E-state index contributed by atoms with van der Waals surface area (Å²) < 4.78 is 7.06. The van der Waals surface area contributed by atoms with Crippen LogP contribution in [0.1, 0.15) is 5.82 Å². The van der Waals surface area contributed by atoms with E-state index in [4.69, 9.17) is 10.5 Å². The van der Waals surface area contributed by atoms with E-state index in [1.54, 1.807) is 19.4 Å². The third-order valence-electron chi connectivity index (χ3n) is 2.66. The van der Waals surface area contributed by atoms with Crippen LogP contribution in [0.25, 0.3) is 0 Å². The van der Waals surface area contributed by atoms with E-state index < -0.39 is 0 Å². The van der Waals surface area contributed by atoms with E-state index in [1.807, 2.05) is 23.9 Å². The van der Waals surface area contributed by atoms with Gasteiger partial charge >= 0.3 is 0 Å². The molecule has 2 rings (SSSR count). The maximum atomic E-state index is 5.70. The predicted octanol–water partition coefficient (Wildman–Crippen LogP) is 1.06. The van der Waals surface area contributed by atoms with Gasteiger partial charge in [0.25, 0.3) is 0 Å². The molecule has 96 valence electrons. The largest absolute Gasteiger partial charge is 0.479 e. The third kappa shape index (κ3) is 2.71. The number of hydrogen-bond donors (Lipinski definition) is 2. The molecule has 3 N–H and O–H groups in total. The van der Waals surface area contributed by atoms with Crippen LogP contribution in [0.15, 0.2) is 24.5 Å². The van der Waals surface area contributed by atoms with Gasteiger partial charge in [-0.15, -0.1) is 0 Å². The first-order chi connectivity index (χ1) is 8.70. The molecule has 0 unspecified atom stereocenters. The van der Waals surface area contributed by atoms with Crippen LogP contribution in [-0.4, -0.2) is 28.2 Å². The predicted molar refractivity (Wildman–Crippen MR) is 70.6 cm³/mol. The summed E-state index contributed by atoms with van der Waals surface area (Å²) in [5.41, 5.74) is 6.23. The second-order valence-corrected chi connectivity index (χ2v) is 3.93. The molecular formula is C12H17N5O. The number of nitrogen functional groups attached to an aromatic ring is 1. The summed E-state index contributed by atoms with van der Waals surface area (Å²) in [6, 6.07) is 3.60. The Hall–Kier alpha value is -2.24. The summed E-state index contributed by atoms with van der Waals surface area (Å²) in [5.74, 6) is 2.22. The average Bonchev–Trinajstić information content (AvgIpc) is 2.77. The van der Waals surface area contributed by atoms with Crippen molar-refractivity contribution in [3.63, 3.8) is 0 Å². The molecular weight excluding hydrogens is 230 g/mol. The molecule has 0 amide bonds. The lowest BCUT2D eigenvalue weighted by molar-refractivity contribution is 0.401. The summed E-state index contributed by atoms with van der Waals surface area (Å²) in [6.45, 7) is 0.755. The average molecular weight is 247 g/mol. The quantitative estimate of drug-likeness (QED) is 0.826. The van der Waals surface area contributed by atoms with E-state index in [9.17, 15) is 0 Å². The molecule has 2 aromatic heterocycles. The Morgan fingerprint density at radius 1 is 1.44 bits per heavy atom. The van der Waals surface area contributed by atoms with Crippen molar-refractivity contribution in [1.82, 2.24) is 14.5 Å². The van der Waals surface area contributed by atoms with E-state index in [0.717, 1.165) is 24.6 Å². The fourth-order valence-corrected chi connectivity index (χ4v) is 1.65. The SMILES string of the molecule is COc1nc(NCCc2nccn2C)ccc1N. The van der Waals surface area contributed by atoms with Gasteiger partial charge in [-0.05, 0) is 12.1 Å².